The molecule has 22 heteroatoms. The number of allylic oxidation sites excluding steroid dienone is 6. The Bertz CT molecular complexity index is 5710. The van der Waals surface area contributed by atoms with E-state index in [2.05, 4.69) is 254 Å². The summed E-state index contributed by atoms with van der Waals surface area (Å²) in [5, 5.41) is 0. The predicted molar refractivity (Wildman–Crippen MR) is 445 cm³/mol. The third kappa shape index (κ3) is 18.4. The molecule has 0 saturated carbocycles. The van der Waals surface area contributed by atoms with E-state index in [9.17, 15) is 0 Å². The topological polar surface area (TPSA) is 147 Å². The maximum Gasteiger partial charge on any atom is 0.216 e. The van der Waals surface area contributed by atoms with Crippen molar-refractivity contribution in [3.8, 4) is 57.4 Å². The van der Waals surface area contributed by atoms with Crippen molar-refractivity contribution < 1.29 is 82.1 Å². The van der Waals surface area contributed by atoms with Crippen LogP contribution in [-0.2, 0) is 84.9 Å². The molecule has 0 radical (unpaired) electrons. The maximum absolute atomic E-state index is 6.44. The summed E-state index contributed by atoms with van der Waals surface area (Å²) in [6.07, 6.45) is 11.3. The summed E-state index contributed by atoms with van der Waals surface area (Å²) in [6, 6.07) is 50.7. The Labute approximate surface area is 723 Å². The Morgan fingerprint density at radius 1 is 0.357 bits per heavy atom. The number of imidazole rings is 3. The number of nitrogens with zero attached hydrogens (tertiary/aromatic N) is 15. The minimum absolute atomic E-state index is 0. The molecule has 0 saturated heterocycles. The quantitative estimate of drug-likeness (QED) is 0.0950. The molecular formula is C93H102N15O4Pt3-9. The van der Waals surface area contributed by atoms with Gasteiger partial charge in [0.2, 0.25) is 5.88 Å². The van der Waals surface area contributed by atoms with Crippen molar-refractivity contribution in [3.05, 3.63) is 281 Å². The van der Waals surface area contributed by atoms with Crippen LogP contribution in [0, 0.1) is 97.9 Å². The van der Waals surface area contributed by atoms with Gasteiger partial charge in [-0.15, -0.1) is 83.3 Å². The Kier molecular flexibility index (Phi) is 26.2. The first-order chi connectivity index (χ1) is 52.8. The minimum Gasteiger partial charge on any atom is -0.508 e. The van der Waals surface area contributed by atoms with Gasteiger partial charge in [0, 0.05) is 185 Å². The van der Waals surface area contributed by atoms with E-state index >= 15 is 0 Å². The van der Waals surface area contributed by atoms with Crippen molar-refractivity contribution in [2.45, 2.75) is 181 Å². The van der Waals surface area contributed by atoms with Crippen LogP contribution in [0.3, 0.4) is 0 Å². The van der Waals surface area contributed by atoms with Gasteiger partial charge in [0.25, 0.3) is 0 Å². The molecule has 115 heavy (non-hydrogen) atoms. The first-order valence-corrected chi connectivity index (χ1v) is 37.9. The number of rotatable bonds is 14. The fourth-order valence-corrected chi connectivity index (χ4v) is 13.4. The summed E-state index contributed by atoms with van der Waals surface area (Å²) in [5.74, 6) is 4.45. The number of aryl methyl sites for hydroxylation is 6. The molecule has 0 bridgehead atoms. The summed E-state index contributed by atoms with van der Waals surface area (Å²) in [4.78, 5) is 41.0. The Morgan fingerprint density at radius 3 is 1.15 bits per heavy atom. The SMILES string of the molecule is CC1=C(C)N(c2[c-]c(Oc3[c-]c(-c4cc(C(C)(C)C)ccn4)c4nc(C)c(C)n4c3)ccc2)[CH-]N1C.CC1=C(C)N(c2[c-]c(Oc3[c-]c(C(C)(C)c4cc(C(C)(C)C)ccn4)c4nc(C)c(C)n4c3)ccc2)[CH-]N1C.CC1=C(C)N(c2[c-]c(Oc3[c-]c(Oc4cc(C(C)(C)C)ccn4)c4nc(C)c(C)n4c3)ccc2)[CH-]N1C.[Pt].[Pt].[Pt]. The van der Waals surface area contributed by atoms with E-state index in [1.54, 1.807) is 6.20 Å². The van der Waals surface area contributed by atoms with Crippen LogP contribution < -0.4 is 33.6 Å². The van der Waals surface area contributed by atoms with Gasteiger partial charge in [0.1, 0.15) is 0 Å². The van der Waals surface area contributed by atoms with Gasteiger partial charge in [-0.1, -0.05) is 112 Å². The van der Waals surface area contributed by atoms with E-state index in [1.165, 1.54) is 28.2 Å². The summed E-state index contributed by atoms with van der Waals surface area (Å²) in [6.45, 7) is 55.1. The van der Waals surface area contributed by atoms with Crippen LogP contribution in [0.25, 0.3) is 28.2 Å². The van der Waals surface area contributed by atoms with Gasteiger partial charge in [-0.25, -0.2) is 4.98 Å². The van der Waals surface area contributed by atoms with E-state index in [0.717, 1.165) is 108 Å². The molecule has 0 spiro atoms. The average molecular weight is 2080 g/mol. The molecule has 3 aliphatic heterocycles. The second-order valence-corrected chi connectivity index (χ2v) is 32.9. The molecule has 3 aliphatic rings. The summed E-state index contributed by atoms with van der Waals surface area (Å²) >= 11 is 0. The number of fused-ring (bicyclic) bond motifs is 3. The van der Waals surface area contributed by atoms with Gasteiger partial charge in [-0.2, -0.15) is 38.2 Å². The van der Waals surface area contributed by atoms with Crippen LogP contribution in [-0.4, -0.2) is 78.9 Å². The number of hydrogen-bond acceptors (Lipinski definition) is 16. The molecular weight excluding hydrogens is 1980 g/mol. The van der Waals surface area contributed by atoms with Gasteiger partial charge in [-0.3, -0.25) is 19.9 Å². The smallest absolute Gasteiger partial charge is 0.216 e. The molecule has 19 nitrogen and oxygen atoms in total. The van der Waals surface area contributed by atoms with Gasteiger partial charge >= 0.3 is 0 Å². The van der Waals surface area contributed by atoms with Crippen molar-refractivity contribution >= 4 is 34.0 Å². The van der Waals surface area contributed by atoms with Crippen LogP contribution in [0.15, 0.2) is 162 Å². The molecule has 612 valence electrons. The Morgan fingerprint density at radius 2 is 0.722 bits per heavy atom. The van der Waals surface area contributed by atoms with E-state index < -0.39 is 5.41 Å². The zero-order chi connectivity index (χ0) is 80.5. The first kappa shape index (κ1) is 87.8. The standard InChI is InChI=1S/C33H38N5O.C30H32N5O2.C30H32N5O.3Pt/c1-21-22(2)37-19-28(39-27-13-11-12-26(17-27)38-20-36(10)23(3)24(38)4)18-29(31(37)35-21)33(8,9)30-16-25(14-15-34-30)32(5,6)7;1-19-20(2)34-17-26(36-25-11-9-10-24(15-25)35-18-33(8)21(3)22(35)4)16-27(29(34)32-19)37-28-14-23(12-13-31-28)30(5,6)7;1-19-20(2)34-17-26(16-27(29(34)32-19)28-14-23(12-13-31-28)30(5,6)7)36-25-11-9-10-24(15-25)35-18-33(8)21(3)22(35)4;;;/h11-16,19-20H,1-10H3;9-14,17-18H,1-8H3;9-14,17-18H,1-8H3;;;/q3*-3;;;. The summed E-state index contributed by atoms with van der Waals surface area (Å²) < 4.78 is 31.4. The van der Waals surface area contributed by atoms with Crippen LogP contribution in [0.1, 0.15) is 180 Å². The van der Waals surface area contributed by atoms with Crippen molar-refractivity contribution in [1.29, 1.82) is 0 Å². The van der Waals surface area contributed by atoms with Crippen LogP contribution in [0.2, 0.25) is 0 Å². The normalized spacial score (nSPS) is 14.0. The van der Waals surface area contributed by atoms with Crippen LogP contribution in [0.5, 0.6) is 46.1 Å². The zero-order valence-corrected chi connectivity index (χ0v) is 77.5. The van der Waals surface area contributed by atoms with Crippen LogP contribution >= 0.6 is 0 Å². The predicted octanol–water partition coefficient (Wildman–Crippen LogP) is 21.3. The van der Waals surface area contributed by atoms with Gasteiger partial charge in [-0.05, 0) is 190 Å². The fourth-order valence-electron chi connectivity index (χ4n) is 13.4. The number of aromatic nitrogens is 9. The van der Waals surface area contributed by atoms with Gasteiger partial charge in [0.15, 0.2) is 0 Å². The number of ether oxygens (including phenoxy) is 4. The van der Waals surface area contributed by atoms with Crippen molar-refractivity contribution in [1.82, 2.24) is 57.8 Å². The molecule has 0 N–H and O–H groups in total. The molecule has 0 amide bonds. The Balaban J connectivity index is 0.000000180. The summed E-state index contributed by atoms with van der Waals surface area (Å²) in [5.41, 5.74) is 24.8. The average Bonchev–Trinajstić information content (AvgIpc) is 1.68. The molecule has 9 aromatic heterocycles. The largest absolute Gasteiger partial charge is 0.508 e. The fraction of sp³-hybridized carbons (Fsp3) is 0.323. The van der Waals surface area contributed by atoms with Crippen molar-refractivity contribution in [2.24, 2.45) is 0 Å². The van der Waals surface area contributed by atoms with Crippen LogP contribution in [0.4, 0.5) is 17.1 Å². The first-order valence-electron chi connectivity index (χ1n) is 37.9. The molecule has 0 unspecified atom stereocenters. The number of pyridine rings is 6. The third-order valence-electron chi connectivity index (χ3n) is 21.7. The number of benzene rings is 3. The number of hydrogen-bond donors (Lipinski definition) is 0. The monoisotopic (exact) mass is 2080 g/mol. The molecule has 0 fully saturated rings. The second-order valence-electron chi connectivity index (χ2n) is 32.9. The molecule has 0 aliphatic carbocycles. The molecule has 12 aromatic rings. The molecule has 15 rings (SSSR count). The molecule has 12 heterocycles. The van der Waals surface area contributed by atoms with Gasteiger partial charge in [0.05, 0.1) is 22.8 Å². The summed E-state index contributed by atoms with van der Waals surface area (Å²) in [7, 11) is 6.13. The van der Waals surface area contributed by atoms with E-state index in [-0.39, 0.29) is 79.4 Å². The maximum atomic E-state index is 6.44. The molecule has 3 aromatic carbocycles. The van der Waals surface area contributed by atoms with E-state index in [4.69, 9.17) is 38.9 Å². The number of anilines is 3. The van der Waals surface area contributed by atoms with Crippen molar-refractivity contribution in [2.75, 3.05) is 35.8 Å². The van der Waals surface area contributed by atoms with Crippen molar-refractivity contribution in [3.63, 3.8) is 0 Å². The second kappa shape index (κ2) is 34.3. The van der Waals surface area contributed by atoms with Gasteiger partial charge < -0.3 is 66.5 Å². The van der Waals surface area contributed by atoms with E-state index in [1.807, 2.05) is 158 Å². The molecule has 0 atom stereocenters. The van der Waals surface area contributed by atoms with E-state index in [0.29, 0.717) is 51.8 Å². The zero-order valence-electron chi connectivity index (χ0n) is 70.6. The minimum atomic E-state index is -0.466. The Hall–Kier alpha value is -9.54. The third-order valence-corrected chi connectivity index (χ3v) is 21.7.